The van der Waals surface area contributed by atoms with Crippen LogP contribution in [0.2, 0.25) is 0 Å². The Morgan fingerprint density at radius 2 is 0.843 bits per heavy atom. The fourth-order valence-electron chi connectivity index (χ4n) is 7.31. The molecular weight excluding hydrogens is 931 g/mol. The average molecular weight is 1000 g/mol. The molecule has 0 bridgehead atoms. The molecule has 27 heteroatoms. The van der Waals surface area contributed by atoms with Crippen LogP contribution in [0.25, 0.3) is 0 Å². The highest BCUT2D eigenvalue weighted by atomic mass is 16.4. The number of nitrogens with one attached hydrogen (secondary N) is 5. The summed E-state index contributed by atoms with van der Waals surface area (Å²) in [6.07, 6.45) is 3.61. The number of amides is 5. The molecule has 1 rings (SSSR count). The van der Waals surface area contributed by atoms with E-state index in [9.17, 15) is 83.4 Å². The van der Waals surface area contributed by atoms with E-state index in [1.165, 1.54) is 6.92 Å². The fourth-order valence-corrected chi connectivity index (χ4v) is 7.31. The summed E-state index contributed by atoms with van der Waals surface area (Å²) in [5.41, 5.74) is -1.76. The summed E-state index contributed by atoms with van der Waals surface area (Å²) in [5, 5.41) is 78.1. The molecule has 5 amide bonds. The number of nitrogens with zero attached hydrogens (tertiary/aromatic N) is 4. The minimum atomic E-state index is -1.76. The number of carbonyl (C=O) groups is 11. The SMILES string of the molecule is C[C@@](CCCCNC(=O)CCCCCCC(=O)NCCCCC(NC(=O)CN1CCN(CC(=O)O)CCN(CC(=O)O)CCN(CC(=O)O)CC1)C(=O)O)(NC(=O)N[C@@H](CCC(=O)O)C(=O)O)C(=O)O. The highest BCUT2D eigenvalue weighted by Crippen LogP contribution is 2.15. The maximum absolute atomic E-state index is 13.1. The lowest BCUT2D eigenvalue weighted by molar-refractivity contribution is -0.144. The van der Waals surface area contributed by atoms with Crippen LogP contribution < -0.4 is 26.6 Å². The molecule has 1 unspecified atom stereocenters. The predicted molar refractivity (Wildman–Crippen MR) is 246 cm³/mol. The summed E-state index contributed by atoms with van der Waals surface area (Å²) < 4.78 is 0. The molecule has 12 N–H and O–H groups in total. The fraction of sp³-hybridized carbons (Fsp3) is 0.744. The number of carbonyl (C=O) groups excluding carboxylic acids is 4. The Kier molecular flexibility index (Phi) is 30.2. The van der Waals surface area contributed by atoms with E-state index >= 15 is 0 Å². The van der Waals surface area contributed by atoms with Crippen molar-refractivity contribution < 1.29 is 88.5 Å². The zero-order chi connectivity index (χ0) is 52.6. The third-order valence-corrected chi connectivity index (χ3v) is 11.3. The van der Waals surface area contributed by atoms with Gasteiger partial charge in [0.15, 0.2) is 0 Å². The molecule has 1 aliphatic rings. The Morgan fingerprint density at radius 1 is 0.443 bits per heavy atom. The highest BCUT2D eigenvalue weighted by molar-refractivity contribution is 5.88. The van der Waals surface area contributed by atoms with Crippen molar-refractivity contribution in [2.45, 2.75) is 114 Å². The lowest BCUT2D eigenvalue weighted by Crippen LogP contribution is -2.57. The molecule has 0 aromatic heterocycles. The van der Waals surface area contributed by atoms with Gasteiger partial charge in [-0.3, -0.25) is 53.2 Å². The van der Waals surface area contributed by atoms with Gasteiger partial charge in [-0.25, -0.2) is 19.2 Å². The lowest BCUT2D eigenvalue weighted by Gasteiger charge is -2.33. The number of aliphatic carboxylic acids is 7. The largest absolute Gasteiger partial charge is 0.481 e. The number of carboxylic acid groups (broad SMARTS) is 7. The van der Waals surface area contributed by atoms with Crippen molar-refractivity contribution in [1.82, 2.24) is 46.2 Å². The van der Waals surface area contributed by atoms with Crippen molar-refractivity contribution in [2.75, 3.05) is 91.6 Å². The molecule has 0 aromatic carbocycles. The Bertz CT molecular complexity index is 1720. The van der Waals surface area contributed by atoms with Crippen LogP contribution in [0.4, 0.5) is 4.79 Å². The molecule has 27 nitrogen and oxygen atoms in total. The number of unbranched alkanes of at least 4 members (excludes halogenated alkanes) is 5. The molecule has 1 fully saturated rings. The van der Waals surface area contributed by atoms with Gasteiger partial charge in [-0.05, 0) is 64.7 Å². The number of urea groups is 1. The van der Waals surface area contributed by atoms with Crippen molar-refractivity contribution in [3.63, 3.8) is 0 Å². The van der Waals surface area contributed by atoms with Crippen molar-refractivity contribution in [1.29, 1.82) is 0 Å². The Labute approximate surface area is 405 Å². The van der Waals surface area contributed by atoms with Crippen molar-refractivity contribution in [3.05, 3.63) is 0 Å². The molecule has 0 aliphatic carbocycles. The van der Waals surface area contributed by atoms with Gasteiger partial charge in [0.25, 0.3) is 0 Å². The standard InChI is InChI=1S/C43H73N9O18/c1-43(41(68)69,48-42(70)47-31(40(66)67)13-14-35(56)57)15-7-9-17-45-33(54)12-5-3-2-4-11-32(53)44-16-8-6-10-30(39(64)65)46-34(55)26-49-18-20-50(27-36(58)59)22-24-52(29-38(62)63)25-23-51(21-19-49)28-37(60)61/h30-31H,2-29H2,1H3,(H,44,53)(H,45,54)(H,46,55)(H,56,57)(H,58,59)(H,60,61)(H,62,63)(H,64,65)(H,66,67)(H,68,69)(H2,47,48,70)/t30?,31-,43-/m0/s1. The van der Waals surface area contributed by atoms with Gasteiger partial charge in [0.1, 0.15) is 17.6 Å². The third kappa shape index (κ3) is 29.6. The van der Waals surface area contributed by atoms with E-state index in [2.05, 4.69) is 26.6 Å². The lowest BCUT2D eigenvalue weighted by atomic mass is 9.95. The van der Waals surface area contributed by atoms with Gasteiger partial charge in [-0.1, -0.05) is 12.8 Å². The molecule has 1 saturated heterocycles. The van der Waals surface area contributed by atoms with Gasteiger partial charge in [0.2, 0.25) is 17.7 Å². The second-order valence-electron chi connectivity index (χ2n) is 17.4. The first-order valence-corrected chi connectivity index (χ1v) is 23.4. The maximum atomic E-state index is 13.1. The first-order chi connectivity index (χ1) is 33.0. The second kappa shape index (κ2) is 34.2. The van der Waals surface area contributed by atoms with Gasteiger partial charge in [0, 0.05) is 84.7 Å². The van der Waals surface area contributed by atoms with Crippen LogP contribution in [0, 0.1) is 0 Å². The molecular formula is C43H73N9O18. The van der Waals surface area contributed by atoms with Crippen molar-refractivity contribution in [2.24, 2.45) is 0 Å². The smallest absolute Gasteiger partial charge is 0.329 e. The van der Waals surface area contributed by atoms with Gasteiger partial charge in [-0.15, -0.1) is 0 Å². The van der Waals surface area contributed by atoms with E-state index in [4.69, 9.17) is 5.11 Å². The van der Waals surface area contributed by atoms with Crippen LogP contribution >= 0.6 is 0 Å². The normalized spacial score (nSPS) is 16.1. The molecule has 0 spiro atoms. The second-order valence-corrected chi connectivity index (χ2v) is 17.4. The van der Waals surface area contributed by atoms with E-state index in [0.29, 0.717) is 44.9 Å². The first-order valence-electron chi connectivity index (χ1n) is 23.4. The molecule has 1 heterocycles. The van der Waals surface area contributed by atoms with E-state index in [1.807, 2.05) is 0 Å². The van der Waals surface area contributed by atoms with Crippen LogP contribution in [0.3, 0.4) is 0 Å². The Hall–Kier alpha value is -6.19. The number of hydrogen-bond donors (Lipinski definition) is 12. The van der Waals surface area contributed by atoms with Gasteiger partial charge < -0.3 is 62.3 Å². The number of rotatable bonds is 34. The summed E-state index contributed by atoms with van der Waals surface area (Å²) >= 11 is 0. The minimum absolute atomic E-state index is 0.0402. The molecule has 398 valence electrons. The predicted octanol–water partition coefficient (Wildman–Crippen LogP) is -1.59. The van der Waals surface area contributed by atoms with Crippen LogP contribution in [0.5, 0.6) is 0 Å². The monoisotopic (exact) mass is 1000 g/mol. The van der Waals surface area contributed by atoms with Crippen LogP contribution in [-0.2, 0) is 47.9 Å². The molecule has 0 saturated carbocycles. The summed E-state index contributed by atoms with van der Waals surface area (Å²) in [6.45, 7) is 2.13. The number of carboxylic acids is 7. The van der Waals surface area contributed by atoms with Gasteiger partial charge in [-0.2, -0.15) is 0 Å². The quantitative estimate of drug-likeness (QED) is 0.0323. The topological polar surface area (TPSA) is 402 Å². The van der Waals surface area contributed by atoms with Crippen molar-refractivity contribution >= 4 is 65.5 Å². The van der Waals surface area contributed by atoms with E-state index < -0.39 is 84.2 Å². The summed E-state index contributed by atoms with van der Waals surface area (Å²) in [7, 11) is 0. The van der Waals surface area contributed by atoms with Crippen LogP contribution in [-0.4, -0.2) is 230 Å². The van der Waals surface area contributed by atoms with E-state index in [-0.39, 0.29) is 136 Å². The van der Waals surface area contributed by atoms with E-state index in [1.54, 1.807) is 19.6 Å². The zero-order valence-electron chi connectivity index (χ0n) is 39.9. The zero-order valence-corrected chi connectivity index (χ0v) is 39.9. The first kappa shape index (κ1) is 61.8. The van der Waals surface area contributed by atoms with Gasteiger partial charge in [0.05, 0.1) is 26.2 Å². The van der Waals surface area contributed by atoms with Gasteiger partial charge >= 0.3 is 47.8 Å². The Morgan fingerprint density at radius 3 is 1.23 bits per heavy atom. The molecule has 0 radical (unpaired) electrons. The van der Waals surface area contributed by atoms with Crippen molar-refractivity contribution in [3.8, 4) is 0 Å². The summed E-state index contributed by atoms with van der Waals surface area (Å²) in [5.74, 6) is -9.62. The average Bonchev–Trinajstić information content (AvgIpc) is 3.25. The summed E-state index contributed by atoms with van der Waals surface area (Å²) in [6, 6.07) is -3.84. The third-order valence-electron chi connectivity index (χ3n) is 11.3. The molecule has 0 aromatic rings. The van der Waals surface area contributed by atoms with E-state index in [0.717, 1.165) is 0 Å². The highest BCUT2D eigenvalue weighted by Gasteiger charge is 2.35. The summed E-state index contributed by atoms with van der Waals surface area (Å²) in [4.78, 5) is 137. The minimum Gasteiger partial charge on any atom is -0.481 e. The molecule has 70 heavy (non-hydrogen) atoms. The molecule has 3 atom stereocenters. The Balaban J connectivity index is 2.41. The molecule has 1 aliphatic heterocycles. The number of hydrogen-bond acceptors (Lipinski definition) is 15. The maximum Gasteiger partial charge on any atom is 0.329 e. The van der Waals surface area contributed by atoms with Crippen LogP contribution in [0.15, 0.2) is 0 Å². The van der Waals surface area contributed by atoms with Crippen LogP contribution in [0.1, 0.15) is 96.8 Å².